The van der Waals surface area contributed by atoms with Gasteiger partial charge < -0.3 is 19.5 Å². The van der Waals surface area contributed by atoms with E-state index in [2.05, 4.69) is 11.2 Å². The van der Waals surface area contributed by atoms with Crippen molar-refractivity contribution in [2.45, 2.75) is 13.8 Å². The largest absolute Gasteiger partial charge is 0.495 e. The maximum Gasteiger partial charge on any atom is 0.266 e. The lowest BCUT2D eigenvalue weighted by molar-refractivity contribution is -0.112. The van der Waals surface area contributed by atoms with E-state index in [1.807, 2.05) is 13.0 Å². The summed E-state index contributed by atoms with van der Waals surface area (Å²) in [6.45, 7) is 4.16. The highest BCUT2D eigenvalue weighted by Crippen LogP contribution is 2.32. The van der Waals surface area contributed by atoms with Crippen molar-refractivity contribution >= 4 is 29.3 Å². The van der Waals surface area contributed by atoms with Gasteiger partial charge in [-0.1, -0.05) is 23.6 Å². The van der Waals surface area contributed by atoms with Gasteiger partial charge >= 0.3 is 0 Å². The number of nitriles is 1. The second-order valence-electron chi connectivity index (χ2n) is 6.06. The first kappa shape index (κ1) is 22.7. The zero-order chi connectivity index (χ0) is 22.1. The summed E-state index contributed by atoms with van der Waals surface area (Å²) >= 11 is 6.09. The Hall–Kier alpha value is -3.61. The Kier molecular flexibility index (Phi) is 8.17. The molecule has 1 N–H and O–H groups in total. The van der Waals surface area contributed by atoms with Crippen LogP contribution >= 0.6 is 11.6 Å². The van der Waals surface area contributed by atoms with Gasteiger partial charge in [0.05, 0.1) is 19.4 Å². The molecule has 0 unspecified atom stereocenters. The van der Waals surface area contributed by atoms with Crippen LogP contribution in [0.25, 0.3) is 6.08 Å². The fourth-order valence-corrected chi connectivity index (χ4v) is 2.71. The van der Waals surface area contributed by atoms with E-state index in [0.29, 0.717) is 40.1 Å². The van der Waals surface area contributed by atoms with Crippen LogP contribution in [0.3, 0.4) is 0 Å². The van der Waals surface area contributed by atoms with Crippen molar-refractivity contribution in [3.8, 4) is 35.7 Å². The minimum absolute atomic E-state index is 0.0932. The lowest BCUT2D eigenvalue weighted by Crippen LogP contribution is -2.14. The summed E-state index contributed by atoms with van der Waals surface area (Å²) in [6, 6.07) is 10.2. The molecule has 0 saturated heterocycles. The van der Waals surface area contributed by atoms with E-state index in [1.54, 1.807) is 37.3 Å². The first-order chi connectivity index (χ1) is 14.4. The number of ether oxygens (including phenoxy) is 3. The maximum atomic E-state index is 12.7. The lowest BCUT2D eigenvalue weighted by Gasteiger charge is -2.12. The zero-order valence-electron chi connectivity index (χ0n) is 16.9. The normalized spacial score (nSPS) is 10.5. The van der Waals surface area contributed by atoms with E-state index >= 15 is 0 Å². The van der Waals surface area contributed by atoms with Crippen LogP contribution in [0.15, 0.2) is 35.9 Å². The number of carbonyl (C=O) groups excluding carboxylic acids is 1. The molecule has 2 aromatic carbocycles. The van der Waals surface area contributed by atoms with Crippen LogP contribution in [-0.4, -0.2) is 26.2 Å². The zero-order valence-corrected chi connectivity index (χ0v) is 17.7. The molecular weight excluding hydrogens is 404 g/mol. The van der Waals surface area contributed by atoms with Crippen molar-refractivity contribution < 1.29 is 19.0 Å². The second-order valence-corrected chi connectivity index (χ2v) is 6.46. The molecule has 0 saturated carbocycles. The molecule has 0 aliphatic rings. The number of aryl methyl sites for hydroxylation is 1. The number of nitrogens with zero attached hydrogens (tertiary/aromatic N) is 1. The Morgan fingerprint density at radius 1 is 1.23 bits per heavy atom. The van der Waals surface area contributed by atoms with Gasteiger partial charge in [0.15, 0.2) is 11.5 Å². The summed E-state index contributed by atoms with van der Waals surface area (Å²) in [5.41, 5.74) is 1.68. The van der Waals surface area contributed by atoms with Gasteiger partial charge in [-0.25, -0.2) is 0 Å². The van der Waals surface area contributed by atoms with E-state index in [4.69, 9.17) is 32.2 Å². The first-order valence-electron chi connectivity index (χ1n) is 9.03. The van der Waals surface area contributed by atoms with Crippen LogP contribution in [0, 0.1) is 30.6 Å². The molecule has 6 nitrogen and oxygen atoms in total. The van der Waals surface area contributed by atoms with Gasteiger partial charge in [0.25, 0.3) is 5.91 Å². The number of halogens is 1. The van der Waals surface area contributed by atoms with Crippen LogP contribution in [0.5, 0.6) is 17.2 Å². The van der Waals surface area contributed by atoms with Gasteiger partial charge in [-0.2, -0.15) is 5.26 Å². The summed E-state index contributed by atoms with van der Waals surface area (Å²) in [4.78, 5) is 12.7. The first-order valence-corrected chi connectivity index (χ1v) is 9.41. The molecule has 0 atom stereocenters. The number of terminal acetylenes is 1. The molecule has 0 spiro atoms. The Labute approximate surface area is 181 Å². The number of rotatable bonds is 8. The number of hydrogen-bond donors (Lipinski definition) is 1. The predicted octanol–water partition coefficient (Wildman–Crippen LogP) is 4.61. The van der Waals surface area contributed by atoms with Gasteiger partial charge in [-0.05, 0) is 49.2 Å². The van der Waals surface area contributed by atoms with E-state index in [1.165, 1.54) is 13.2 Å². The number of carbonyl (C=O) groups is 1. The third kappa shape index (κ3) is 5.70. The van der Waals surface area contributed by atoms with Crippen molar-refractivity contribution in [1.82, 2.24) is 0 Å². The van der Waals surface area contributed by atoms with Gasteiger partial charge in [-0.3, -0.25) is 4.79 Å². The molecule has 0 heterocycles. The molecule has 2 rings (SSSR count). The second kappa shape index (κ2) is 10.8. The third-order valence-electron chi connectivity index (χ3n) is 3.98. The topological polar surface area (TPSA) is 80.6 Å². The molecule has 30 heavy (non-hydrogen) atoms. The number of benzene rings is 2. The van der Waals surface area contributed by atoms with Crippen LogP contribution in [0.1, 0.15) is 18.1 Å². The highest BCUT2D eigenvalue weighted by Gasteiger charge is 2.15. The molecule has 0 aliphatic heterocycles. The Morgan fingerprint density at radius 2 is 2.00 bits per heavy atom. The van der Waals surface area contributed by atoms with Crippen molar-refractivity contribution in [1.29, 1.82) is 5.26 Å². The van der Waals surface area contributed by atoms with Gasteiger partial charge in [0.2, 0.25) is 0 Å². The lowest BCUT2D eigenvalue weighted by atomic mass is 10.1. The molecule has 0 aromatic heterocycles. The molecule has 0 aliphatic carbocycles. The third-order valence-corrected chi connectivity index (χ3v) is 4.39. The molecule has 1 amide bonds. The van der Waals surface area contributed by atoms with Crippen molar-refractivity contribution in [3.63, 3.8) is 0 Å². The minimum atomic E-state index is -0.580. The summed E-state index contributed by atoms with van der Waals surface area (Å²) in [5, 5.41) is 12.7. The maximum absolute atomic E-state index is 12.7. The quantitative estimate of drug-likeness (QED) is 0.380. The highest BCUT2D eigenvalue weighted by atomic mass is 35.5. The van der Waals surface area contributed by atoms with Gasteiger partial charge in [0, 0.05) is 11.1 Å². The highest BCUT2D eigenvalue weighted by molar-refractivity contribution is 6.31. The summed E-state index contributed by atoms with van der Waals surface area (Å²) < 4.78 is 16.3. The molecule has 0 radical (unpaired) electrons. The van der Waals surface area contributed by atoms with Gasteiger partial charge in [-0.15, -0.1) is 6.42 Å². The molecule has 2 aromatic rings. The molecule has 7 heteroatoms. The molecule has 154 valence electrons. The van der Waals surface area contributed by atoms with Crippen molar-refractivity contribution in [2.75, 3.05) is 25.6 Å². The SMILES string of the molecule is C#CCOc1ccc(/C=C(\C#N)C(=O)Nc2cc(C)c(Cl)cc2OC)cc1OCC. The van der Waals surface area contributed by atoms with E-state index in [9.17, 15) is 10.1 Å². The molecule has 0 fully saturated rings. The van der Waals surface area contributed by atoms with Crippen molar-refractivity contribution in [3.05, 3.63) is 52.1 Å². The molecular formula is C23H21ClN2O4. The predicted molar refractivity (Wildman–Crippen MR) is 117 cm³/mol. The van der Waals surface area contributed by atoms with E-state index in [0.717, 1.165) is 5.56 Å². The smallest absolute Gasteiger partial charge is 0.266 e. The van der Waals surface area contributed by atoms with Crippen LogP contribution in [0.4, 0.5) is 5.69 Å². The van der Waals surface area contributed by atoms with Crippen LogP contribution in [-0.2, 0) is 4.79 Å². The van der Waals surface area contributed by atoms with Crippen LogP contribution < -0.4 is 19.5 Å². The standard InChI is InChI=1S/C23H21ClN2O4/c1-5-9-30-20-8-7-16(12-22(20)29-6-2)11-17(14-25)23(27)26-19-10-15(3)18(24)13-21(19)28-4/h1,7-8,10-13H,6,9H2,2-4H3,(H,26,27)/b17-11+. The average Bonchev–Trinajstić information content (AvgIpc) is 2.73. The number of amides is 1. The fourth-order valence-electron chi connectivity index (χ4n) is 2.56. The number of hydrogen-bond acceptors (Lipinski definition) is 5. The number of nitrogens with one attached hydrogen (secondary N) is 1. The number of anilines is 1. The van der Waals surface area contributed by atoms with Gasteiger partial charge in [0.1, 0.15) is 24.0 Å². The minimum Gasteiger partial charge on any atom is -0.495 e. The number of methoxy groups -OCH3 is 1. The Bertz CT molecular complexity index is 1050. The summed E-state index contributed by atoms with van der Waals surface area (Å²) in [5.74, 6) is 3.15. The van der Waals surface area contributed by atoms with Crippen molar-refractivity contribution in [2.24, 2.45) is 0 Å². The molecule has 0 bridgehead atoms. The summed E-state index contributed by atoms with van der Waals surface area (Å²) in [7, 11) is 1.47. The van der Waals surface area contributed by atoms with Crippen LogP contribution in [0.2, 0.25) is 5.02 Å². The Morgan fingerprint density at radius 3 is 2.63 bits per heavy atom. The fraction of sp³-hybridized carbons (Fsp3) is 0.217. The summed E-state index contributed by atoms with van der Waals surface area (Å²) in [6.07, 6.45) is 6.68. The Balaban J connectivity index is 2.32. The van der Waals surface area contributed by atoms with E-state index < -0.39 is 5.91 Å². The van der Waals surface area contributed by atoms with E-state index in [-0.39, 0.29) is 12.2 Å². The average molecular weight is 425 g/mol. The monoisotopic (exact) mass is 424 g/mol.